The summed E-state index contributed by atoms with van der Waals surface area (Å²) in [5, 5.41) is 6.43. The average Bonchev–Trinajstić information content (AvgIpc) is 3.13. The van der Waals surface area contributed by atoms with E-state index >= 15 is 0 Å². The van der Waals surface area contributed by atoms with E-state index in [1.807, 2.05) is 0 Å². The summed E-state index contributed by atoms with van der Waals surface area (Å²) in [6, 6.07) is 21.2. The van der Waals surface area contributed by atoms with Gasteiger partial charge in [-0.2, -0.15) is 4.98 Å². The fourth-order valence-electron chi connectivity index (χ4n) is 3.36. The molecule has 0 radical (unpaired) electrons. The molecule has 0 N–H and O–H groups in total. The zero-order valence-electron chi connectivity index (χ0n) is 15.0. The van der Waals surface area contributed by atoms with Crippen LogP contribution in [0.1, 0.15) is 26.6 Å². The third-order valence-electron chi connectivity index (χ3n) is 4.47. The predicted molar refractivity (Wildman–Crippen MR) is 102 cm³/mol. The van der Waals surface area contributed by atoms with E-state index in [0.29, 0.717) is 18.9 Å². The molecular weight excluding hydrogens is 328 g/mol. The van der Waals surface area contributed by atoms with E-state index in [1.54, 1.807) is 0 Å². The maximum absolute atomic E-state index is 6.76. The van der Waals surface area contributed by atoms with Crippen molar-refractivity contribution in [1.82, 2.24) is 10.1 Å². The second kappa shape index (κ2) is 7.33. The monoisotopic (exact) mass is 352 g/mol. The summed E-state index contributed by atoms with van der Waals surface area (Å²) in [6.45, 7) is 7.38. The fraction of sp³-hybridized carbons (Fsp3) is 0.300. The second-order valence-electron chi connectivity index (χ2n) is 7.11. The molecule has 2 aromatic carbocycles. The van der Waals surface area contributed by atoms with Crippen LogP contribution in [0.4, 0.5) is 0 Å². The summed E-state index contributed by atoms with van der Waals surface area (Å²) >= 11 is 0. The van der Waals surface area contributed by atoms with Crippen molar-refractivity contribution in [3.8, 4) is 0 Å². The van der Waals surface area contributed by atoms with Crippen molar-refractivity contribution in [3.63, 3.8) is 0 Å². The minimum Gasteiger partial charge on any atom is -0.407 e. The summed E-state index contributed by atoms with van der Waals surface area (Å²) < 4.78 is 11.6. The zero-order valence-corrected chi connectivity index (χ0v) is 16.0. The van der Waals surface area contributed by atoms with Gasteiger partial charge in [0.1, 0.15) is 0 Å². The van der Waals surface area contributed by atoms with Crippen molar-refractivity contribution in [3.05, 3.63) is 72.9 Å². The number of rotatable bonds is 6. The lowest BCUT2D eigenvalue weighted by atomic mass is 10.2. The number of aromatic nitrogens is 2. The molecule has 4 nitrogen and oxygen atoms in total. The molecule has 0 atom stereocenters. The van der Waals surface area contributed by atoms with Crippen LogP contribution in [-0.4, -0.2) is 25.1 Å². The van der Waals surface area contributed by atoms with Gasteiger partial charge in [-0.15, -0.1) is 0 Å². The van der Waals surface area contributed by atoms with E-state index in [9.17, 15) is 0 Å². The minimum absolute atomic E-state index is 0.0209. The number of benzene rings is 2. The van der Waals surface area contributed by atoms with E-state index in [4.69, 9.17) is 8.95 Å². The van der Waals surface area contributed by atoms with Crippen molar-refractivity contribution < 1.29 is 8.95 Å². The van der Waals surface area contributed by atoms with Crippen LogP contribution >= 0.6 is 0 Å². The molecule has 0 spiro atoms. The van der Waals surface area contributed by atoms with Gasteiger partial charge < -0.3 is 8.95 Å². The molecule has 0 aliphatic heterocycles. The maximum atomic E-state index is 6.76. The fourth-order valence-corrected chi connectivity index (χ4v) is 7.92. The quantitative estimate of drug-likeness (QED) is 0.639. The van der Waals surface area contributed by atoms with Crippen LogP contribution in [0.5, 0.6) is 0 Å². The molecule has 1 heterocycles. The highest BCUT2D eigenvalue weighted by Gasteiger charge is 2.49. The van der Waals surface area contributed by atoms with Gasteiger partial charge in [0.05, 0.1) is 0 Å². The first-order valence-corrected chi connectivity index (χ1v) is 10.4. The predicted octanol–water partition coefficient (Wildman–Crippen LogP) is 3.19. The standard InChI is InChI=1S/C20H24N2O2Si/c1-20(2,3)25(17-10-6-4-7-11-17,18-12-8-5-9-13-18)24-15-14-19-21-16-23-22-19/h4-13,16H,14-15H2,1-3H3. The van der Waals surface area contributed by atoms with Gasteiger partial charge in [-0.3, -0.25) is 0 Å². The molecule has 1 aromatic heterocycles. The maximum Gasteiger partial charge on any atom is 0.261 e. The Balaban J connectivity index is 2.02. The largest absolute Gasteiger partial charge is 0.407 e. The summed E-state index contributed by atoms with van der Waals surface area (Å²) in [5.41, 5.74) is 0. The molecule has 3 aromatic rings. The van der Waals surface area contributed by atoms with Crippen molar-refractivity contribution in [2.24, 2.45) is 0 Å². The average molecular weight is 353 g/mol. The highest BCUT2D eigenvalue weighted by Crippen LogP contribution is 2.36. The highest BCUT2D eigenvalue weighted by molar-refractivity contribution is 6.99. The Hall–Kier alpha value is -2.24. The molecule has 0 amide bonds. The van der Waals surface area contributed by atoms with Crippen LogP contribution < -0.4 is 10.4 Å². The topological polar surface area (TPSA) is 48.2 Å². The molecule has 0 aliphatic rings. The molecule has 0 fully saturated rings. The summed E-state index contributed by atoms with van der Waals surface area (Å²) in [4.78, 5) is 4.10. The number of hydrogen-bond donors (Lipinski definition) is 0. The van der Waals surface area contributed by atoms with E-state index in [1.165, 1.54) is 16.8 Å². The first-order valence-electron chi connectivity index (χ1n) is 8.54. The zero-order chi connectivity index (χ0) is 17.8. The normalized spacial score (nSPS) is 12.3. The van der Waals surface area contributed by atoms with E-state index in [2.05, 4.69) is 91.6 Å². The molecule has 0 saturated carbocycles. The smallest absolute Gasteiger partial charge is 0.261 e. The van der Waals surface area contributed by atoms with Gasteiger partial charge in [0.25, 0.3) is 8.32 Å². The Morgan fingerprint density at radius 1 is 0.920 bits per heavy atom. The Morgan fingerprint density at radius 2 is 1.48 bits per heavy atom. The van der Waals surface area contributed by atoms with Crippen molar-refractivity contribution in [2.45, 2.75) is 32.2 Å². The lowest BCUT2D eigenvalue weighted by molar-refractivity contribution is 0.296. The molecule has 25 heavy (non-hydrogen) atoms. The summed E-state index contributed by atoms with van der Waals surface area (Å²) in [5.74, 6) is 0.679. The molecular formula is C20H24N2O2Si. The Labute approximate surface area is 150 Å². The lowest BCUT2D eigenvalue weighted by Crippen LogP contribution is -2.66. The van der Waals surface area contributed by atoms with Crippen LogP contribution in [0.3, 0.4) is 0 Å². The molecule has 3 rings (SSSR count). The highest BCUT2D eigenvalue weighted by atomic mass is 28.4. The summed E-state index contributed by atoms with van der Waals surface area (Å²) in [7, 11) is -2.47. The number of hydrogen-bond acceptors (Lipinski definition) is 4. The van der Waals surface area contributed by atoms with Crippen LogP contribution in [0.25, 0.3) is 0 Å². The Bertz CT molecular complexity index is 729. The van der Waals surface area contributed by atoms with Gasteiger partial charge in [0.15, 0.2) is 5.82 Å². The van der Waals surface area contributed by atoms with Crippen LogP contribution in [0, 0.1) is 0 Å². The van der Waals surface area contributed by atoms with Gasteiger partial charge in [-0.1, -0.05) is 86.6 Å². The van der Waals surface area contributed by atoms with Crippen LogP contribution in [0.15, 0.2) is 71.6 Å². The Morgan fingerprint density at radius 3 is 1.92 bits per heavy atom. The van der Waals surface area contributed by atoms with Gasteiger partial charge in [0.2, 0.25) is 6.39 Å². The Kier molecular flexibility index (Phi) is 5.15. The van der Waals surface area contributed by atoms with Crippen molar-refractivity contribution in [1.29, 1.82) is 0 Å². The second-order valence-corrected chi connectivity index (χ2v) is 11.4. The first kappa shape index (κ1) is 17.6. The van der Waals surface area contributed by atoms with Crippen molar-refractivity contribution in [2.75, 3.05) is 6.61 Å². The van der Waals surface area contributed by atoms with Gasteiger partial charge >= 0.3 is 0 Å². The van der Waals surface area contributed by atoms with Gasteiger partial charge in [-0.05, 0) is 15.4 Å². The van der Waals surface area contributed by atoms with Crippen LogP contribution in [-0.2, 0) is 10.8 Å². The molecule has 0 unspecified atom stereocenters. The molecule has 0 aliphatic carbocycles. The molecule has 130 valence electrons. The van der Waals surface area contributed by atoms with E-state index in [-0.39, 0.29) is 5.04 Å². The molecule has 5 heteroatoms. The number of nitrogens with zero attached hydrogens (tertiary/aromatic N) is 2. The lowest BCUT2D eigenvalue weighted by Gasteiger charge is -2.43. The van der Waals surface area contributed by atoms with E-state index in [0.717, 1.165) is 0 Å². The first-order chi connectivity index (χ1) is 12.0. The van der Waals surface area contributed by atoms with Crippen LogP contribution in [0.2, 0.25) is 5.04 Å². The molecule has 0 bridgehead atoms. The molecule has 0 saturated heterocycles. The SMILES string of the molecule is CC(C)(C)[Si](OCCc1ncon1)(c1ccccc1)c1ccccc1. The van der Waals surface area contributed by atoms with E-state index < -0.39 is 8.32 Å². The van der Waals surface area contributed by atoms with Crippen molar-refractivity contribution >= 4 is 18.7 Å². The third-order valence-corrected chi connectivity index (χ3v) is 9.51. The summed E-state index contributed by atoms with van der Waals surface area (Å²) in [6.07, 6.45) is 2.00. The minimum atomic E-state index is -2.47. The van der Waals surface area contributed by atoms with Gasteiger partial charge in [-0.25, -0.2) is 0 Å². The van der Waals surface area contributed by atoms with Gasteiger partial charge in [0, 0.05) is 13.0 Å². The third kappa shape index (κ3) is 3.57.